The van der Waals surface area contributed by atoms with Crippen LogP contribution in [0, 0.1) is 13.8 Å². The van der Waals surface area contributed by atoms with Crippen molar-refractivity contribution in [1.82, 2.24) is 39.9 Å². The summed E-state index contributed by atoms with van der Waals surface area (Å²) in [6, 6.07) is 7.82. The average molecular weight is 501 g/mol. The highest BCUT2D eigenvalue weighted by molar-refractivity contribution is 6.17. The van der Waals surface area contributed by atoms with Crippen LogP contribution in [0.25, 0.3) is 0 Å². The van der Waals surface area contributed by atoms with Crippen LogP contribution in [0.15, 0.2) is 49.3 Å². The van der Waals surface area contributed by atoms with E-state index in [2.05, 4.69) is 44.7 Å². The molecule has 184 valence electrons. The number of rotatable bonds is 5. The number of hydrogen-bond acceptors (Lipinski definition) is 10. The minimum atomic E-state index is -0.536. The summed E-state index contributed by atoms with van der Waals surface area (Å²) in [5.41, 5.74) is 4.06. The van der Waals surface area contributed by atoms with Crippen LogP contribution in [0.3, 0.4) is 0 Å². The molecule has 35 heavy (non-hydrogen) atoms. The van der Waals surface area contributed by atoms with Crippen molar-refractivity contribution < 1.29 is 19.1 Å². The zero-order valence-electron chi connectivity index (χ0n) is 19.7. The zero-order chi connectivity index (χ0) is 25.6. The maximum atomic E-state index is 11.2. The summed E-state index contributed by atoms with van der Waals surface area (Å²) in [5, 5.41) is 9.81. The van der Waals surface area contributed by atoms with Crippen LogP contribution < -0.4 is 0 Å². The Morgan fingerprint density at radius 2 is 1.54 bits per heavy atom. The Morgan fingerprint density at radius 3 is 2.03 bits per heavy atom. The highest BCUT2D eigenvalue weighted by Crippen LogP contribution is 2.03. The van der Waals surface area contributed by atoms with E-state index in [0.29, 0.717) is 12.4 Å². The van der Waals surface area contributed by atoms with Crippen molar-refractivity contribution in [2.45, 2.75) is 26.3 Å². The summed E-state index contributed by atoms with van der Waals surface area (Å²) >= 11 is 5.54. The fraction of sp³-hybridized carbons (Fsp3) is 0.273. The van der Waals surface area contributed by atoms with Crippen molar-refractivity contribution in [1.29, 1.82) is 0 Å². The van der Waals surface area contributed by atoms with Crippen LogP contribution >= 0.6 is 11.6 Å². The Balaban J connectivity index is 0.000000203. The lowest BCUT2D eigenvalue weighted by molar-refractivity contribution is 0.0578. The molecule has 0 bridgehead atoms. The number of aromatic nitrogens is 8. The molecule has 0 aromatic carbocycles. The van der Waals surface area contributed by atoms with Crippen molar-refractivity contribution >= 4 is 23.5 Å². The van der Waals surface area contributed by atoms with Gasteiger partial charge in [0.15, 0.2) is 0 Å². The quantitative estimate of drug-likeness (QED) is 0.319. The molecule has 12 nitrogen and oxygen atoms in total. The van der Waals surface area contributed by atoms with Gasteiger partial charge in [-0.1, -0.05) is 12.1 Å². The molecule has 4 aromatic heterocycles. The summed E-state index contributed by atoms with van der Waals surface area (Å²) in [7, 11) is 2.58. The van der Waals surface area contributed by atoms with E-state index in [4.69, 9.17) is 11.6 Å². The van der Waals surface area contributed by atoms with Gasteiger partial charge < -0.3 is 9.47 Å². The third-order valence-corrected chi connectivity index (χ3v) is 4.45. The Hall–Kier alpha value is -4.19. The number of nitrogens with one attached hydrogen (secondary N) is 1. The largest absolute Gasteiger partial charge is 0.463 e. The van der Waals surface area contributed by atoms with Gasteiger partial charge in [-0.25, -0.2) is 24.2 Å². The van der Waals surface area contributed by atoms with Crippen LogP contribution in [0.2, 0.25) is 0 Å². The van der Waals surface area contributed by atoms with Gasteiger partial charge in [0.2, 0.25) is 5.82 Å². The number of carbonyl (C=O) groups is 2. The number of ether oxygens (including phenoxy) is 2. The van der Waals surface area contributed by atoms with Gasteiger partial charge in [-0.3, -0.25) is 15.1 Å². The number of aromatic amines is 1. The number of H-pyrrole nitrogens is 1. The lowest BCUT2D eigenvalue weighted by Gasteiger charge is -2.00. The second-order valence-electron chi connectivity index (χ2n) is 6.83. The summed E-state index contributed by atoms with van der Waals surface area (Å²) in [5.74, 6) is -0.309. The predicted octanol–water partition coefficient (Wildman–Crippen LogP) is 2.54. The summed E-state index contributed by atoms with van der Waals surface area (Å²) in [6.45, 7) is 4.41. The molecule has 0 radical (unpaired) electrons. The number of halogens is 1. The number of carbonyl (C=O) groups excluding carboxylic acids is 2. The van der Waals surface area contributed by atoms with Gasteiger partial charge in [-0.05, 0) is 37.1 Å². The molecule has 0 unspecified atom stereocenters. The standard InChI is InChI=1S/C11H12N4O2.C7H8ClN.C4H5N3O2/c1-8-3-4-9(5-12-8)6-15-7-13-10(14-15)11(16)17-2;1-6-2-3-7(4-8)5-9-6;1-9-4(8)3-5-2-6-7-3/h3-5,7H,6H2,1-2H3;2-3,5H,4H2,1H3;2H,1H3,(H,5,6,7). The van der Waals surface area contributed by atoms with E-state index in [-0.39, 0.29) is 11.6 Å². The molecule has 1 N–H and O–H groups in total. The van der Waals surface area contributed by atoms with E-state index in [9.17, 15) is 9.59 Å². The van der Waals surface area contributed by atoms with E-state index in [1.165, 1.54) is 26.9 Å². The van der Waals surface area contributed by atoms with Gasteiger partial charge in [0.25, 0.3) is 5.82 Å². The number of esters is 2. The third-order valence-electron chi connectivity index (χ3n) is 4.14. The van der Waals surface area contributed by atoms with Crippen LogP contribution in [0.1, 0.15) is 43.8 Å². The van der Waals surface area contributed by atoms with Crippen molar-refractivity contribution in [2.24, 2.45) is 0 Å². The van der Waals surface area contributed by atoms with Gasteiger partial charge in [-0.15, -0.1) is 16.7 Å². The fourth-order valence-electron chi connectivity index (χ4n) is 2.31. The highest BCUT2D eigenvalue weighted by Gasteiger charge is 2.11. The lowest BCUT2D eigenvalue weighted by atomic mass is 10.2. The highest BCUT2D eigenvalue weighted by atomic mass is 35.5. The first kappa shape index (κ1) is 27.1. The minimum Gasteiger partial charge on any atom is -0.463 e. The Bertz CT molecular complexity index is 1180. The molecule has 13 heteroatoms. The minimum absolute atomic E-state index is 0.0626. The second kappa shape index (κ2) is 14.2. The zero-order valence-corrected chi connectivity index (χ0v) is 20.4. The maximum absolute atomic E-state index is 11.2. The molecule has 0 atom stereocenters. The smallest absolute Gasteiger partial charge is 0.377 e. The Labute approximate surface area is 206 Å². The molecule has 0 fully saturated rings. The molecule has 4 aromatic rings. The van der Waals surface area contributed by atoms with E-state index in [0.717, 1.165) is 22.5 Å². The first-order valence-electron chi connectivity index (χ1n) is 10.2. The molecule has 0 aliphatic carbocycles. The molecule has 0 aliphatic rings. The van der Waals surface area contributed by atoms with Gasteiger partial charge in [0, 0.05) is 29.7 Å². The van der Waals surface area contributed by atoms with E-state index < -0.39 is 11.9 Å². The average Bonchev–Trinajstić information content (AvgIpc) is 3.59. The van der Waals surface area contributed by atoms with Crippen molar-refractivity contribution in [3.8, 4) is 0 Å². The van der Waals surface area contributed by atoms with Gasteiger partial charge in [-0.2, -0.15) is 5.10 Å². The summed E-state index contributed by atoms with van der Waals surface area (Å²) < 4.78 is 10.4. The second-order valence-corrected chi connectivity index (χ2v) is 7.10. The number of aryl methyl sites for hydroxylation is 2. The van der Waals surface area contributed by atoms with E-state index in [1.807, 2.05) is 38.1 Å². The van der Waals surface area contributed by atoms with Crippen LogP contribution in [-0.4, -0.2) is 66.1 Å². The number of hydrogen-bond donors (Lipinski definition) is 1. The monoisotopic (exact) mass is 500 g/mol. The molecular formula is C22H25ClN8O4. The van der Waals surface area contributed by atoms with Crippen molar-refractivity contribution in [2.75, 3.05) is 14.2 Å². The van der Waals surface area contributed by atoms with Crippen LogP contribution in [0.4, 0.5) is 0 Å². The number of pyridine rings is 2. The Morgan fingerprint density at radius 1 is 0.914 bits per heavy atom. The van der Waals surface area contributed by atoms with Crippen molar-refractivity contribution in [3.05, 3.63) is 83.5 Å². The molecule has 0 saturated heterocycles. The molecule has 0 aliphatic heterocycles. The molecule has 0 amide bonds. The molecular weight excluding hydrogens is 476 g/mol. The number of nitrogens with zero attached hydrogens (tertiary/aromatic N) is 7. The molecule has 4 rings (SSSR count). The van der Waals surface area contributed by atoms with Gasteiger partial charge in [0.1, 0.15) is 12.7 Å². The number of alkyl halides is 1. The Kier molecular flexibility index (Phi) is 10.9. The summed E-state index contributed by atoms with van der Waals surface area (Å²) in [6.07, 6.45) is 6.30. The lowest BCUT2D eigenvalue weighted by Crippen LogP contribution is -2.06. The normalized spacial score (nSPS) is 9.74. The fourth-order valence-corrected chi connectivity index (χ4v) is 2.47. The first-order valence-corrected chi connectivity index (χ1v) is 10.7. The molecule has 0 saturated carbocycles. The SMILES string of the molecule is COC(=O)c1ncn(Cc2ccc(C)nc2)n1.COC(=O)c1ncn[nH]1.Cc1ccc(CCl)cn1. The van der Waals surface area contributed by atoms with Crippen molar-refractivity contribution in [3.63, 3.8) is 0 Å². The summed E-state index contributed by atoms with van der Waals surface area (Å²) in [4.78, 5) is 37.3. The topological polar surface area (TPSA) is 151 Å². The number of methoxy groups -OCH3 is 2. The van der Waals surface area contributed by atoms with Gasteiger partial charge >= 0.3 is 11.9 Å². The molecule has 4 heterocycles. The van der Waals surface area contributed by atoms with Crippen LogP contribution in [0.5, 0.6) is 0 Å². The first-order chi connectivity index (χ1) is 16.9. The van der Waals surface area contributed by atoms with E-state index >= 15 is 0 Å². The van der Waals surface area contributed by atoms with Crippen LogP contribution in [-0.2, 0) is 21.9 Å². The predicted molar refractivity (Wildman–Crippen MR) is 126 cm³/mol. The van der Waals surface area contributed by atoms with E-state index in [1.54, 1.807) is 17.1 Å². The molecule has 0 spiro atoms. The third kappa shape index (κ3) is 9.29. The maximum Gasteiger partial charge on any atom is 0.377 e. The van der Waals surface area contributed by atoms with Gasteiger partial charge in [0.05, 0.1) is 20.8 Å².